The average Bonchev–Trinajstić information content (AvgIpc) is 1.79. The van der Waals surface area contributed by atoms with Gasteiger partial charge in [0.1, 0.15) is 48.1 Å². The summed E-state index contributed by atoms with van der Waals surface area (Å²) in [5.74, 6) is -7.25. The second kappa shape index (κ2) is 24.0. The maximum Gasteiger partial charge on any atom is 0.346 e. The van der Waals surface area contributed by atoms with Crippen molar-refractivity contribution < 1.29 is 59.6 Å². The van der Waals surface area contributed by atoms with E-state index in [4.69, 9.17) is 44.2 Å². The molecular weight excluding hydrogens is 1130 g/mol. The number of carbonyl (C=O) groups is 2. The minimum atomic E-state index is -0.997. The number of halogens is 6. The summed E-state index contributed by atoms with van der Waals surface area (Å²) >= 11 is 0. The minimum absolute atomic E-state index is 0.0157. The quantitative estimate of drug-likeness (QED) is 0.0505. The van der Waals surface area contributed by atoms with Gasteiger partial charge < -0.3 is 32.8 Å². The average molecular weight is 1180 g/mol. The molecule has 12 rings (SSSR count). The number of aromatic nitrogens is 6. The third-order valence-electron chi connectivity index (χ3n) is 15.6. The Labute approximate surface area is 492 Å². The summed E-state index contributed by atoms with van der Waals surface area (Å²) in [7, 11) is 0. The molecule has 2 saturated heterocycles. The van der Waals surface area contributed by atoms with Gasteiger partial charge >= 0.3 is 11.9 Å². The fourth-order valence-electron chi connectivity index (χ4n) is 10.9. The zero-order chi connectivity index (χ0) is 60.6. The predicted octanol–water partition coefficient (Wildman–Crippen LogP) is 12.8. The third-order valence-corrected chi connectivity index (χ3v) is 15.6. The molecule has 0 unspecified atom stereocenters. The minimum Gasteiger partial charge on any atom is -0.471 e. The molecule has 6 heterocycles. The largest absolute Gasteiger partial charge is 0.471 e. The van der Waals surface area contributed by atoms with E-state index in [1.54, 1.807) is 60.7 Å². The lowest BCUT2D eigenvalue weighted by Crippen LogP contribution is -2.19. The number of benzene rings is 6. The predicted molar refractivity (Wildman–Crippen MR) is 303 cm³/mol. The summed E-state index contributed by atoms with van der Waals surface area (Å²) in [6, 6.07) is 33.7. The van der Waals surface area contributed by atoms with E-state index in [0.29, 0.717) is 69.2 Å². The highest BCUT2D eigenvalue weighted by Crippen LogP contribution is 2.37. The number of fused-ring (bicyclic) bond motifs is 2. The number of nitriles is 2. The highest BCUT2D eigenvalue weighted by atomic mass is 19.1. The van der Waals surface area contributed by atoms with Crippen LogP contribution >= 0.6 is 0 Å². The first-order valence-corrected chi connectivity index (χ1v) is 27.6. The highest BCUT2D eigenvalue weighted by Gasteiger charge is 2.33. The maximum atomic E-state index is 16.2. The molecule has 4 atom stereocenters. The molecule has 2 aliphatic rings. The van der Waals surface area contributed by atoms with Crippen molar-refractivity contribution in [3.8, 4) is 46.4 Å². The number of esters is 2. The first-order valence-electron chi connectivity index (χ1n) is 27.6. The van der Waals surface area contributed by atoms with Crippen LogP contribution in [0, 0.1) is 69.4 Å². The maximum absolute atomic E-state index is 16.2. The molecule has 21 heteroatoms. The molecule has 2 fully saturated rings. The molecule has 15 nitrogen and oxygen atoms in total. The number of rotatable bonds is 16. The summed E-state index contributed by atoms with van der Waals surface area (Å²) in [5, 5.41) is 18.2. The smallest absolute Gasteiger partial charge is 0.346 e. The first kappa shape index (κ1) is 57.2. The summed E-state index contributed by atoms with van der Waals surface area (Å²) in [5.41, 5.74) is 3.03. The lowest BCUT2D eigenvalue weighted by molar-refractivity contribution is 0.0397. The lowest BCUT2D eigenvalue weighted by Gasteiger charge is -2.20. The van der Waals surface area contributed by atoms with Gasteiger partial charge in [-0.25, -0.2) is 55.9 Å². The van der Waals surface area contributed by atoms with Crippen molar-refractivity contribution in [3.05, 3.63) is 225 Å². The van der Waals surface area contributed by atoms with E-state index in [1.807, 2.05) is 35.1 Å². The van der Waals surface area contributed by atoms with Crippen molar-refractivity contribution in [2.24, 2.45) is 11.8 Å². The number of carbonyl (C=O) groups excluding carboxylic acids is 2. The number of hydrogen-bond acceptors (Lipinski definition) is 13. The van der Waals surface area contributed by atoms with Crippen LogP contribution in [0.25, 0.3) is 44.6 Å². The van der Waals surface area contributed by atoms with Crippen molar-refractivity contribution in [2.45, 2.75) is 52.0 Å². The van der Waals surface area contributed by atoms with E-state index >= 15 is 17.6 Å². The van der Waals surface area contributed by atoms with E-state index < -0.39 is 58.6 Å². The van der Waals surface area contributed by atoms with Crippen LogP contribution in [0.15, 0.2) is 133 Å². The molecule has 436 valence electrons. The van der Waals surface area contributed by atoms with Crippen molar-refractivity contribution in [2.75, 3.05) is 26.4 Å². The van der Waals surface area contributed by atoms with E-state index in [9.17, 15) is 18.4 Å². The monoisotopic (exact) mass is 1180 g/mol. The Hall–Kier alpha value is -10.2. The van der Waals surface area contributed by atoms with Crippen molar-refractivity contribution in [3.63, 3.8) is 0 Å². The van der Waals surface area contributed by atoms with E-state index in [1.165, 1.54) is 36.4 Å². The normalized spacial score (nSPS) is 16.5. The van der Waals surface area contributed by atoms with Gasteiger partial charge in [0, 0.05) is 35.8 Å². The van der Waals surface area contributed by atoms with Gasteiger partial charge in [0.2, 0.25) is 0 Å². The fraction of sp³-hybridized carbons (Fsp3) is 0.212. The molecule has 87 heavy (non-hydrogen) atoms. The molecule has 0 amide bonds. The summed E-state index contributed by atoms with van der Waals surface area (Å²) in [6.45, 7) is 4.99. The second-order valence-electron chi connectivity index (χ2n) is 21.4. The Morgan fingerprint density at radius 2 is 0.920 bits per heavy atom. The SMILES string of the molecule is C[C@H]1COC[C@H]1n1c(Cc2cc(F)c(-c3ccc(F)c(OCc4ccc(C#N)cc4)n3)cc2F)nc2ccc(C(=O)OC(=O)c3ccc4nc(Cc5cc(F)c(-c6ccc(F)c(OCc7ccc(C#N)cc7)n6)cc5F)n([C@@H]5COC[C@@H]5C)c4c3)cc21. The third kappa shape index (κ3) is 11.7. The first-order chi connectivity index (χ1) is 42.1. The zero-order valence-corrected chi connectivity index (χ0v) is 46.4. The van der Waals surface area contributed by atoms with Crippen LogP contribution in [0.2, 0.25) is 0 Å². The summed E-state index contributed by atoms with van der Waals surface area (Å²) in [6.07, 6.45) is -0.397. The van der Waals surface area contributed by atoms with Crippen LogP contribution in [0.3, 0.4) is 0 Å². The molecule has 4 aromatic heterocycles. The number of nitrogens with zero attached hydrogens (tertiary/aromatic N) is 8. The number of imidazole rings is 2. The topological polar surface area (TPSA) is 189 Å². The van der Waals surface area contributed by atoms with Gasteiger partial charge in [0.25, 0.3) is 11.8 Å². The van der Waals surface area contributed by atoms with Crippen molar-refractivity contribution >= 4 is 34.0 Å². The van der Waals surface area contributed by atoms with Crippen LogP contribution in [0.4, 0.5) is 26.3 Å². The molecule has 0 saturated carbocycles. The molecule has 6 aromatic carbocycles. The Morgan fingerprint density at radius 1 is 0.506 bits per heavy atom. The summed E-state index contributed by atoms with van der Waals surface area (Å²) in [4.78, 5) is 45.9. The molecule has 0 bridgehead atoms. The van der Waals surface area contributed by atoms with Gasteiger partial charge in [-0.3, -0.25) is 0 Å². The van der Waals surface area contributed by atoms with Gasteiger partial charge in [-0.15, -0.1) is 0 Å². The second-order valence-corrected chi connectivity index (χ2v) is 21.4. The van der Waals surface area contributed by atoms with Crippen molar-refractivity contribution in [1.82, 2.24) is 29.1 Å². The van der Waals surface area contributed by atoms with Gasteiger partial charge in [-0.05, 0) is 131 Å². The molecule has 0 radical (unpaired) electrons. The van der Waals surface area contributed by atoms with Crippen LogP contribution in [-0.4, -0.2) is 67.4 Å². The van der Waals surface area contributed by atoms with E-state index in [0.717, 1.165) is 36.4 Å². The van der Waals surface area contributed by atoms with Gasteiger partial charge in [-0.2, -0.15) is 10.5 Å². The lowest BCUT2D eigenvalue weighted by atomic mass is 10.0. The van der Waals surface area contributed by atoms with Crippen LogP contribution in [0.5, 0.6) is 11.8 Å². The van der Waals surface area contributed by atoms with E-state index in [-0.39, 0.29) is 108 Å². The number of hydrogen-bond donors (Lipinski definition) is 0. The van der Waals surface area contributed by atoms with Crippen LogP contribution in [-0.2, 0) is 40.3 Å². The van der Waals surface area contributed by atoms with Gasteiger partial charge in [0.05, 0.1) is 106 Å². The van der Waals surface area contributed by atoms with Gasteiger partial charge in [-0.1, -0.05) is 38.1 Å². The Balaban J connectivity index is 0.779. The molecular formula is C66H48F6N8O7. The molecule has 10 aromatic rings. The van der Waals surface area contributed by atoms with Crippen LogP contribution < -0.4 is 9.47 Å². The highest BCUT2D eigenvalue weighted by molar-refractivity contribution is 6.05. The van der Waals surface area contributed by atoms with Crippen LogP contribution in [0.1, 0.15) is 91.7 Å². The fourth-order valence-corrected chi connectivity index (χ4v) is 10.9. The number of ether oxygens (including phenoxy) is 5. The Bertz CT molecular complexity index is 4170. The standard InChI is InChI=1S/C66H48F6N8O7/c1-35-29-83-33-59(35)79-57-21-41(11-15-55(57)75-61(79)23-43-19-51(71)45(25-49(43)69)53-17-13-47(67)63(77-53)85-31-39-7-3-37(27-73)4-8-39)65(81)87-66(82)42-12-16-56-58(22-42)80(60-34-84-30-36(60)2)62(76-56)24-44-20-52(72)46(26-50(44)70)54-18-14-48(68)64(78-54)86-32-40-9-5-38(28-74)6-10-40/h3-22,25-26,35-36,59-60H,23-24,29-34H2,1-2H3/t35-,36-,59+,60+/m0/s1. The molecule has 2 aliphatic heterocycles. The summed E-state index contributed by atoms with van der Waals surface area (Å²) < 4.78 is 126. The van der Waals surface area contributed by atoms with E-state index in [2.05, 4.69) is 9.97 Å². The Kier molecular flexibility index (Phi) is 15.8. The molecule has 0 aliphatic carbocycles. The van der Waals surface area contributed by atoms with Crippen molar-refractivity contribution in [1.29, 1.82) is 10.5 Å². The molecule has 0 N–H and O–H groups in total. The zero-order valence-electron chi connectivity index (χ0n) is 46.4. The molecule has 0 spiro atoms. The Morgan fingerprint density at radius 3 is 1.30 bits per heavy atom. The number of pyridine rings is 2. The van der Waals surface area contributed by atoms with Gasteiger partial charge in [0.15, 0.2) is 11.6 Å².